The molecule has 0 aliphatic carbocycles. The van der Waals surface area contributed by atoms with Crippen molar-refractivity contribution < 1.29 is 28.2 Å². The maximum atomic E-state index is 13.7. The highest BCUT2D eigenvalue weighted by Crippen LogP contribution is 2.29. The highest BCUT2D eigenvalue weighted by atomic mass is 19.1. The Morgan fingerprint density at radius 3 is 2.10 bits per heavy atom. The number of aliphatic carboxylic acids is 1. The Morgan fingerprint density at radius 2 is 1.70 bits per heavy atom. The molecule has 0 saturated heterocycles. The summed E-state index contributed by atoms with van der Waals surface area (Å²) in [6.45, 7) is 3.11. The van der Waals surface area contributed by atoms with Crippen molar-refractivity contribution in [2.45, 2.75) is 26.7 Å². The van der Waals surface area contributed by atoms with Gasteiger partial charge in [0.05, 0.1) is 19.1 Å². The third-order valence-electron chi connectivity index (χ3n) is 2.80. The number of rotatable bonds is 6. The van der Waals surface area contributed by atoms with Crippen LogP contribution in [0.2, 0.25) is 0 Å². The molecule has 0 atom stereocenters. The van der Waals surface area contributed by atoms with E-state index in [1.165, 1.54) is 7.11 Å². The van der Waals surface area contributed by atoms with Gasteiger partial charge in [-0.15, -0.1) is 0 Å². The smallest absolute Gasteiger partial charge is 0.303 e. The predicted molar refractivity (Wildman–Crippen MR) is 67.9 cm³/mol. The van der Waals surface area contributed by atoms with Gasteiger partial charge in [-0.3, -0.25) is 9.59 Å². The molecule has 0 radical (unpaired) electrons. The van der Waals surface area contributed by atoms with Crippen LogP contribution in [0.5, 0.6) is 5.75 Å². The van der Waals surface area contributed by atoms with Crippen molar-refractivity contribution >= 4 is 11.8 Å². The molecule has 0 bridgehead atoms. The van der Waals surface area contributed by atoms with E-state index in [0.29, 0.717) is 0 Å². The molecule has 0 spiro atoms. The van der Waals surface area contributed by atoms with Crippen LogP contribution in [-0.2, 0) is 4.79 Å². The summed E-state index contributed by atoms with van der Waals surface area (Å²) in [5.74, 6) is -3.90. The zero-order chi connectivity index (χ0) is 15.5. The molecule has 0 saturated carbocycles. The molecule has 20 heavy (non-hydrogen) atoms. The number of ketones is 1. The number of carboxylic acids is 1. The normalized spacial score (nSPS) is 11.2. The molecule has 0 aromatic heterocycles. The second-order valence-corrected chi connectivity index (χ2v) is 5.30. The van der Waals surface area contributed by atoms with Crippen LogP contribution in [0.4, 0.5) is 8.78 Å². The molecule has 0 aliphatic rings. The van der Waals surface area contributed by atoms with Crippen molar-refractivity contribution in [3.05, 3.63) is 29.3 Å². The zero-order valence-electron chi connectivity index (χ0n) is 11.5. The minimum Gasteiger partial charge on any atom is -0.497 e. The van der Waals surface area contributed by atoms with Crippen LogP contribution in [-0.4, -0.2) is 24.0 Å². The summed E-state index contributed by atoms with van der Waals surface area (Å²) in [6.07, 6.45) is -0.530. The van der Waals surface area contributed by atoms with Crippen LogP contribution in [0.15, 0.2) is 12.1 Å². The van der Waals surface area contributed by atoms with E-state index in [-0.39, 0.29) is 18.6 Å². The van der Waals surface area contributed by atoms with Crippen molar-refractivity contribution in [1.29, 1.82) is 0 Å². The van der Waals surface area contributed by atoms with Crippen molar-refractivity contribution in [1.82, 2.24) is 0 Å². The first-order valence-electron chi connectivity index (χ1n) is 5.94. The largest absolute Gasteiger partial charge is 0.497 e. The number of hydrogen-bond acceptors (Lipinski definition) is 3. The van der Waals surface area contributed by atoms with Gasteiger partial charge in [0.25, 0.3) is 0 Å². The molecular weight excluding hydrogens is 270 g/mol. The van der Waals surface area contributed by atoms with E-state index < -0.39 is 34.4 Å². The van der Waals surface area contributed by atoms with E-state index in [4.69, 9.17) is 9.84 Å². The number of carboxylic acid groups (broad SMARTS) is 1. The zero-order valence-corrected chi connectivity index (χ0v) is 11.5. The molecule has 1 aromatic rings. The number of hydrogen-bond donors (Lipinski definition) is 1. The van der Waals surface area contributed by atoms with Crippen LogP contribution < -0.4 is 4.74 Å². The number of carbonyl (C=O) groups excluding carboxylic acids is 1. The van der Waals surface area contributed by atoms with Crippen molar-refractivity contribution in [3.8, 4) is 5.75 Å². The van der Waals surface area contributed by atoms with Gasteiger partial charge in [-0.2, -0.15) is 0 Å². The Balaban J connectivity index is 3.01. The fourth-order valence-corrected chi connectivity index (χ4v) is 1.93. The van der Waals surface area contributed by atoms with Gasteiger partial charge in [-0.05, 0) is 5.41 Å². The SMILES string of the molecule is COc1cc(F)c(C(=O)CC(C)(C)CC(=O)O)c(F)c1. The molecule has 1 aromatic carbocycles. The molecular formula is C14H16F2O4. The summed E-state index contributed by atoms with van der Waals surface area (Å²) in [6, 6.07) is 1.83. The molecule has 0 heterocycles. The topological polar surface area (TPSA) is 63.6 Å². The molecule has 110 valence electrons. The summed E-state index contributed by atoms with van der Waals surface area (Å²) in [5.41, 5.74) is -1.55. The summed E-state index contributed by atoms with van der Waals surface area (Å²) < 4.78 is 32.2. The van der Waals surface area contributed by atoms with Crippen molar-refractivity contribution in [3.63, 3.8) is 0 Å². The number of Topliss-reactive ketones (excluding diaryl/α,β-unsaturated/α-hetero) is 1. The van der Waals surface area contributed by atoms with Gasteiger partial charge in [0, 0.05) is 18.6 Å². The monoisotopic (exact) mass is 286 g/mol. The maximum Gasteiger partial charge on any atom is 0.303 e. The summed E-state index contributed by atoms with van der Waals surface area (Å²) in [5, 5.41) is 8.73. The lowest BCUT2D eigenvalue weighted by Crippen LogP contribution is -2.22. The number of benzene rings is 1. The van der Waals surface area contributed by atoms with Gasteiger partial charge in [0.2, 0.25) is 0 Å². The minimum atomic E-state index is -1.07. The lowest BCUT2D eigenvalue weighted by molar-refractivity contribution is -0.139. The number of halogens is 2. The van der Waals surface area contributed by atoms with E-state index in [9.17, 15) is 18.4 Å². The lowest BCUT2D eigenvalue weighted by atomic mass is 9.82. The molecule has 0 fully saturated rings. The van der Waals surface area contributed by atoms with Crippen LogP contribution in [0.1, 0.15) is 37.0 Å². The summed E-state index contributed by atoms with van der Waals surface area (Å²) in [7, 11) is 1.26. The average Bonchev–Trinajstić information content (AvgIpc) is 2.24. The summed E-state index contributed by atoms with van der Waals surface area (Å²) >= 11 is 0. The number of ether oxygens (including phenoxy) is 1. The Kier molecular flexibility index (Phi) is 4.81. The molecule has 0 aliphatic heterocycles. The second-order valence-electron chi connectivity index (χ2n) is 5.30. The molecule has 1 N–H and O–H groups in total. The maximum absolute atomic E-state index is 13.7. The summed E-state index contributed by atoms with van der Waals surface area (Å²) in [4.78, 5) is 22.6. The standard InChI is InChI=1S/C14H16F2O4/c1-14(2,7-12(18)19)6-11(17)13-9(15)4-8(20-3)5-10(13)16/h4-5H,6-7H2,1-3H3,(H,18,19). The van der Waals surface area contributed by atoms with Crippen LogP contribution in [0, 0.1) is 17.0 Å². The van der Waals surface area contributed by atoms with Crippen LogP contribution in [0.25, 0.3) is 0 Å². The molecule has 1 rings (SSSR count). The van der Waals surface area contributed by atoms with Gasteiger partial charge in [-0.1, -0.05) is 13.8 Å². The minimum absolute atomic E-state index is 0.0265. The van der Waals surface area contributed by atoms with Crippen LogP contribution >= 0.6 is 0 Å². The first kappa shape index (κ1) is 16.1. The Hall–Kier alpha value is -1.98. The Morgan fingerprint density at radius 1 is 1.20 bits per heavy atom. The highest BCUT2D eigenvalue weighted by molar-refractivity contribution is 5.97. The third-order valence-corrected chi connectivity index (χ3v) is 2.80. The molecule has 6 heteroatoms. The van der Waals surface area contributed by atoms with E-state index in [1.807, 2.05) is 0 Å². The quantitative estimate of drug-likeness (QED) is 0.816. The van der Waals surface area contributed by atoms with E-state index >= 15 is 0 Å². The molecule has 4 nitrogen and oxygen atoms in total. The first-order valence-corrected chi connectivity index (χ1v) is 5.94. The van der Waals surface area contributed by atoms with Crippen molar-refractivity contribution in [2.24, 2.45) is 5.41 Å². The first-order chi connectivity index (χ1) is 9.16. The number of carbonyl (C=O) groups is 2. The fraction of sp³-hybridized carbons (Fsp3) is 0.429. The highest BCUT2D eigenvalue weighted by Gasteiger charge is 2.28. The van der Waals surface area contributed by atoms with Crippen molar-refractivity contribution in [2.75, 3.05) is 7.11 Å². The van der Waals surface area contributed by atoms with Gasteiger partial charge >= 0.3 is 5.97 Å². The lowest BCUT2D eigenvalue weighted by Gasteiger charge is -2.21. The van der Waals surface area contributed by atoms with Gasteiger partial charge in [-0.25, -0.2) is 8.78 Å². The van der Waals surface area contributed by atoms with E-state index in [2.05, 4.69) is 0 Å². The average molecular weight is 286 g/mol. The third kappa shape index (κ3) is 4.01. The van der Waals surface area contributed by atoms with E-state index in [1.54, 1.807) is 13.8 Å². The molecule has 0 amide bonds. The Bertz CT molecular complexity index is 515. The van der Waals surface area contributed by atoms with Gasteiger partial charge < -0.3 is 9.84 Å². The van der Waals surface area contributed by atoms with Crippen LogP contribution in [0.3, 0.4) is 0 Å². The Labute approximate surface area is 115 Å². The van der Waals surface area contributed by atoms with E-state index in [0.717, 1.165) is 12.1 Å². The predicted octanol–water partition coefficient (Wildman–Crippen LogP) is 3.05. The number of methoxy groups -OCH3 is 1. The second kappa shape index (κ2) is 5.98. The van der Waals surface area contributed by atoms with Gasteiger partial charge in [0.15, 0.2) is 5.78 Å². The molecule has 0 unspecified atom stereocenters. The fourth-order valence-electron chi connectivity index (χ4n) is 1.93. The van der Waals surface area contributed by atoms with Gasteiger partial charge in [0.1, 0.15) is 17.4 Å².